The fraction of sp³-hybridized carbons (Fsp3) is 0.235. The first-order chi connectivity index (χ1) is 10.1. The quantitative estimate of drug-likeness (QED) is 0.780. The summed E-state index contributed by atoms with van der Waals surface area (Å²) in [5.41, 5.74) is 3.92. The van der Waals surface area contributed by atoms with Crippen molar-refractivity contribution >= 4 is 28.6 Å². The number of nitrogens with zero attached hydrogens (tertiary/aromatic N) is 1. The summed E-state index contributed by atoms with van der Waals surface area (Å²) in [7, 11) is 3.93. The van der Waals surface area contributed by atoms with Crippen LogP contribution in [0.1, 0.15) is 22.8 Å². The fourth-order valence-corrected chi connectivity index (χ4v) is 2.54. The maximum atomic E-state index is 11.9. The second kappa shape index (κ2) is 7.09. The van der Waals surface area contributed by atoms with E-state index in [9.17, 15) is 4.79 Å². The van der Waals surface area contributed by atoms with E-state index >= 15 is 0 Å². The standard InChI is InChI=1S/C17H19NO2S/c1-13(15-9-11-21-12-15)8-10-20-17(19)14-4-6-16(7-5-14)18(2)3/h4-9,11-12H,10H2,1-3H3/b13-8+. The fourth-order valence-electron chi connectivity index (χ4n) is 1.83. The lowest BCUT2D eigenvalue weighted by atomic mass is 10.1. The third kappa shape index (κ3) is 4.20. The third-order valence-corrected chi connectivity index (χ3v) is 3.88. The highest BCUT2D eigenvalue weighted by atomic mass is 32.1. The van der Waals surface area contributed by atoms with Crippen LogP contribution in [0, 0.1) is 0 Å². The van der Waals surface area contributed by atoms with Gasteiger partial charge in [0.1, 0.15) is 6.61 Å². The minimum Gasteiger partial charge on any atom is -0.458 e. The van der Waals surface area contributed by atoms with Gasteiger partial charge >= 0.3 is 5.97 Å². The zero-order valence-corrected chi connectivity index (χ0v) is 13.3. The highest BCUT2D eigenvalue weighted by Gasteiger charge is 2.06. The Morgan fingerprint density at radius 1 is 1.19 bits per heavy atom. The largest absolute Gasteiger partial charge is 0.458 e. The topological polar surface area (TPSA) is 29.5 Å². The number of carbonyl (C=O) groups is 1. The lowest BCUT2D eigenvalue weighted by molar-refractivity contribution is 0.0550. The molecule has 1 aromatic heterocycles. The normalized spacial score (nSPS) is 11.3. The van der Waals surface area contributed by atoms with Gasteiger partial charge in [-0.15, -0.1) is 0 Å². The van der Waals surface area contributed by atoms with Crippen molar-refractivity contribution in [3.8, 4) is 0 Å². The zero-order valence-electron chi connectivity index (χ0n) is 12.5. The van der Waals surface area contributed by atoms with E-state index in [2.05, 4.69) is 11.4 Å². The number of hydrogen-bond acceptors (Lipinski definition) is 4. The molecule has 3 nitrogen and oxygen atoms in total. The van der Waals surface area contributed by atoms with Crippen molar-refractivity contribution in [1.82, 2.24) is 0 Å². The molecule has 2 aromatic rings. The average molecular weight is 301 g/mol. The lowest BCUT2D eigenvalue weighted by Crippen LogP contribution is -2.09. The number of hydrogen-bond donors (Lipinski definition) is 0. The van der Waals surface area contributed by atoms with Gasteiger partial charge in [0, 0.05) is 19.8 Å². The molecule has 0 aliphatic rings. The van der Waals surface area contributed by atoms with Crippen molar-refractivity contribution in [2.24, 2.45) is 0 Å². The highest BCUT2D eigenvalue weighted by molar-refractivity contribution is 7.08. The summed E-state index contributed by atoms with van der Waals surface area (Å²) in [5, 5.41) is 4.11. The number of allylic oxidation sites excluding steroid dienone is 1. The molecule has 0 aliphatic carbocycles. The Morgan fingerprint density at radius 2 is 1.90 bits per heavy atom. The number of anilines is 1. The monoisotopic (exact) mass is 301 g/mol. The number of benzene rings is 1. The molecule has 0 N–H and O–H groups in total. The third-order valence-electron chi connectivity index (χ3n) is 3.20. The molecular weight excluding hydrogens is 282 g/mol. The van der Waals surface area contributed by atoms with Crippen molar-refractivity contribution in [2.75, 3.05) is 25.6 Å². The lowest BCUT2D eigenvalue weighted by Gasteiger charge is -2.12. The molecule has 0 bridgehead atoms. The molecule has 0 radical (unpaired) electrons. The van der Waals surface area contributed by atoms with Gasteiger partial charge in [-0.3, -0.25) is 0 Å². The summed E-state index contributed by atoms with van der Waals surface area (Å²) in [6, 6.07) is 9.44. The molecule has 1 heterocycles. The predicted octanol–water partition coefficient (Wildman–Crippen LogP) is 4.07. The molecule has 0 atom stereocenters. The van der Waals surface area contributed by atoms with Crippen LogP contribution in [0.4, 0.5) is 5.69 Å². The molecule has 0 unspecified atom stereocenters. The first-order valence-electron chi connectivity index (χ1n) is 6.72. The minimum absolute atomic E-state index is 0.288. The maximum absolute atomic E-state index is 11.9. The Labute approximate surface area is 129 Å². The summed E-state index contributed by atoms with van der Waals surface area (Å²) in [5.74, 6) is -0.297. The van der Waals surface area contributed by atoms with Gasteiger partial charge in [0.2, 0.25) is 0 Å². The molecule has 110 valence electrons. The molecule has 0 saturated heterocycles. The molecule has 1 aromatic carbocycles. The molecule has 2 rings (SSSR count). The molecule has 0 amide bonds. The van der Waals surface area contributed by atoms with E-state index in [4.69, 9.17) is 4.74 Å². The van der Waals surface area contributed by atoms with Crippen LogP contribution in [0.15, 0.2) is 47.2 Å². The van der Waals surface area contributed by atoms with Gasteiger partial charge in [0.25, 0.3) is 0 Å². The Balaban J connectivity index is 1.91. The second-order valence-electron chi connectivity index (χ2n) is 4.94. The Hall–Kier alpha value is -2.07. The van der Waals surface area contributed by atoms with E-state index in [0.717, 1.165) is 11.3 Å². The first-order valence-corrected chi connectivity index (χ1v) is 7.66. The van der Waals surface area contributed by atoms with E-state index < -0.39 is 0 Å². The van der Waals surface area contributed by atoms with E-state index in [0.29, 0.717) is 5.56 Å². The van der Waals surface area contributed by atoms with Crippen LogP contribution >= 0.6 is 11.3 Å². The van der Waals surface area contributed by atoms with E-state index in [1.54, 1.807) is 23.5 Å². The molecule has 21 heavy (non-hydrogen) atoms. The van der Waals surface area contributed by atoms with Crippen molar-refractivity contribution in [3.05, 3.63) is 58.3 Å². The van der Waals surface area contributed by atoms with Crippen molar-refractivity contribution in [2.45, 2.75) is 6.92 Å². The molecule has 0 aliphatic heterocycles. The van der Waals surface area contributed by atoms with Gasteiger partial charge in [0.05, 0.1) is 5.56 Å². The second-order valence-corrected chi connectivity index (χ2v) is 5.72. The van der Waals surface area contributed by atoms with Gasteiger partial charge in [-0.1, -0.05) is 0 Å². The van der Waals surface area contributed by atoms with Gasteiger partial charge in [-0.05, 0) is 65.2 Å². The van der Waals surface area contributed by atoms with Crippen LogP contribution < -0.4 is 4.90 Å². The summed E-state index contributed by atoms with van der Waals surface area (Å²) < 4.78 is 5.27. The van der Waals surface area contributed by atoms with Crippen LogP contribution in [0.2, 0.25) is 0 Å². The number of rotatable bonds is 5. The van der Waals surface area contributed by atoms with E-state index in [-0.39, 0.29) is 12.6 Å². The van der Waals surface area contributed by atoms with Gasteiger partial charge in [-0.2, -0.15) is 11.3 Å². The summed E-state index contributed by atoms with van der Waals surface area (Å²) in [4.78, 5) is 13.9. The van der Waals surface area contributed by atoms with Crippen LogP contribution in [0.3, 0.4) is 0 Å². The van der Waals surface area contributed by atoms with Crippen LogP contribution in [0.25, 0.3) is 5.57 Å². The van der Waals surface area contributed by atoms with Gasteiger partial charge in [-0.25, -0.2) is 4.79 Å². The molecule has 0 spiro atoms. The van der Waals surface area contributed by atoms with Crippen molar-refractivity contribution < 1.29 is 9.53 Å². The van der Waals surface area contributed by atoms with Crippen LogP contribution in [-0.4, -0.2) is 26.7 Å². The minimum atomic E-state index is -0.297. The first kappa shape index (κ1) is 15.3. The SMILES string of the molecule is C/C(=C\COC(=O)c1ccc(N(C)C)cc1)c1ccsc1. The maximum Gasteiger partial charge on any atom is 0.338 e. The molecule has 0 saturated carbocycles. The Bertz CT molecular complexity index is 613. The summed E-state index contributed by atoms with van der Waals surface area (Å²) in [6.45, 7) is 2.30. The van der Waals surface area contributed by atoms with Crippen LogP contribution in [-0.2, 0) is 4.74 Å². The number of carbonyl (C=O) groups excluding carboxylic acids is 1. The Morgan fingerprint density at radius 3 is 2.48 bits per heavy atom. The smallest absolute Gasteiger partial charge is 0.338 e. The molecular formula is C17H19NO2S. The summed E-state index contributed by atoms with van der Waals surface area (Å²) >= 11 is 1.66. The van der Waals surface area contributed by atoms with Crippen molar-refractivity contribution in [1.29, 1.82) is 0 Å². The van der Waals surface area contributed by atoms with E-state index in [1.807, 2.05) is 49.5 Å². The van der Waals surface area contributed by atoms with Gasteiger partial charge < -0.3 is 9.64 Å². The zero-order chi connectivity index (χ0) is 15.2. The number of thiophene rings is 1. The van der Waals surface area contributed by atoms with Crippen molar-refractivity contribution in [3.63, 3.8) is 0 Å². The summed E-state index contributed by atoms with van der Waals surface area (Å²) in [6.07, 6.45) is 1.92. The number of ether oxygens (including phenoxy) is 1. The molecule has 0 fully saturated rings. The van der Waals surface area contributed by atoms with Crippen LogP contribution in [0.5, 0.6) is 0 Å². The average Bonchev–Trinajstić information content (AvgIpc) is 3.01. The number of esters is 1. The Kier molecular flexibility index (Phi) is 5.17. The molecule has 4 heteroatoms. The predicted molar refractivity (Wildman–Crippen MR) is 89.0 cm³/mol. The highest BCUT2D eigenvalue weighted by Crippen LogP contribution is 2.17. The van der Waals surface area contributed by atoms with E-state index in [1.165, 1.54) is 5.56 Å². The van der Waals surface area contributed by atoms with Gasteiger partial charge in [0.15, 0.2) is 0 Å².